The third kappa shape index (κ3) is 6.51. The third-order valence-corrected chi connectivity index (χ3v) is 2.44. The molecule has 10 heavy (non-hydrogen) atoms. The van der Waals surface area contributed by atoms with Crippen molar-refractivity contribution >= 4 is 8.58 Å². The fourth-order valence-electron chi connectivity index (χ4n) is 0.561. The maximum absolute atomic E-state index is 3.48. The van der Waals surface area contributed by atoms with Gasteiger partial charge in [-0.1, -0.05) is 20.8 Å². The summed E-state index contributed by atoms with van der Waals surface area (Å²) in [6, 6.07) is 0. The Kier molecular flexibility index (Phi) is 4.47. The Morgan fingerprint density at radius 3 is 2.20 bits per heavy atom. The molecule has 2 unspecified atom stereocenters. The second-order valence-corrected chi connectivity index (χ2v) is 5.40. The summed E-state index contributed by atoms with van der Waals surface area (Å²) >= 11 is 0. The van der Waals surface area contributed by atoms with Gasteiger partial charge in [-0.2, -0.15) is 0 Å². The first-order valence-corrected chi connectivity index (χ1v) is 5.44. The van der Waals surface area contributed by atoms with Gasteiger partial charge < -0.3 is 5.32 Å². The summed E-state index contributed by atoms with van der Waals surface area (Å²) in [5, 5.41) is 3.48. The van der Waals surface area contributed by atoms with E-state index in [9.17, 15) is 0 Å². The molecule has 0 aromatic heterocycles. The molecule has 62 valence electrons. The highest BCUT2D eigenvalue weighted by Crippen LogP contribution is 2.14. The molecule has 0 aliphatic heterocycles. The number of hydrogen-bond donors (Lipinski definition) is 1. The zero-order valence-corrected chi connectivity index (χ0v) is 8.78. The van der Waals surface area contributed by atoms with Crippen LogP contribution in [-0.4, -0.2) is 19.0 Å². The van der Waals surface area contributed by atoms with Gasteiger partial charge in [-0.3, -0.25) is 0 Å². The van der Waals surface area contributed by atoms with E-state index in [0.29, 0.717) is 11.2 Å². The first-order chi connectivity index (χ1) is 4.45. The SMILES string of the molecule is CPC(C)NCC(C)(C)C. The van der Waals surface area contributed by atoms with Crippen molar-refractivity contribution in [2.75, 3.05) is 13.2 Å². The van der Waals surface area contributed by atoms with Gasteiger partial charge in [0.2, 0.25) is 0 Å². The van der Waals surface area contributed by atoms with E-state index in [-0.39, 0.29) is 0 Å². The molecule has 0 fully saturated rings. The highest BCUT2D eigenvalue weighted by molar-refractivity contribution is 7.37. The fourth-order valence-corrected chi connectivity index (χ4v) is 0.868. The van der Waals surface area contributed by atoms with Crippen LogP contribution in [0.1, 0.15) is 27.7 Å². The molecule has 0 aromatic carbocycles. The first-order valence-electron chi connectivity index (χ1n) is 3.86. The Hall–Kier alpha value is 0.390. The lowest BCUT2D eigenvalue weighted by molar-refractivity contribution is 0.379. The lowest BCUT2D eigenvalue weighted by Crippen LogP contribution is -2.31. The Morgan fingerprint density at radius 2 is 1.90 bits per heavy atom. The van der Waals surface area contributed by atoms with E-state index < -0.39 is 0 Å². The molecule has 0 amide bonds. The highest BCUT2D eigenvalue weighted by atomic mass is 31.1. The lowest BCUT2D eigenvalue weighted by Gasteiger charge is -2.21. The molecule has 0 bridgehead atoms. The Labute approximate surface area is 66.8 Å². The molecule has 1 nitrogen and oxygen atoms in total. The van der Waals surface area contributed by atoms with Crippen LogP contribution in [0.4, 0.5) is 0 Å². The van der Waals surface area contributed by atoms with Gasteiger partial charge in [0.05, 0.1) is 0 Å². The normalized spacial score (nSPS) is 16.5. The van der Waals surface area contributed by atoms with Crippen molar-refractivity contribution in [3.63, 3.8) is 0 Å². The lowest BCUT2D eigenvalue weighted by atomic mass is 9.97. The van der Waals surface area contributed by atoms with Crippen LogP contribution < -0.4 is 5.32 Å². The molecular formula is C8H20NP. The summed E-state index contributed by atoms with van der Waals surface area (Å²) in [6.45, 7) is 12.4. The zero-order chi connectivity index (χ0) is 8.20. The molecule has 0 saturated carbocycles. The second kappa shape index (κ2) is 4.31. The van der Waals surface area contributed by atoms with Crippen LogP contribution in [0, 0.1) is 5.41 Å². The van der Waals surface area contributed by atoms with E-state index >= 15 is 0 Å². The van der Waals surface area contributed by atoms with Gasteiger partial charge in [0.15, 0.2) is 0 Å². The zero-order valence-electron chi connectivity index (χ0n) is 7.78. The number of rotatable bonds is 3. The van der Waals surface area contributed by atoms with Gasteiger partial charge in [0.25, 0.3) is 0 Å². The van der Waals surface area contributed by atoms with Gasteiger partial charge in [-0.25, -0.2) is 0 Å². The predicted molar refractivity (Wildman–Crippen MR) is 51.2 cm³/mol. The van der Waals surface area contributed by atoms with Crippen molar-refractivity contribution < 1.29 is 0 Å². The van der Waals surface area contributed by atoms with Crippen LogP contribution in [0.5, 0.6) is 0 Å². The van der Waals surface area contributed by atoms with E-state index in [2.05, 4.69) is 39.7 Å². The summed E-state index contributed by atoms with van der Waals surface area (Å²) in [6.07, 6.45) is 0. The minimum Gasteiger partial charge on any atom is -0.310 e. The average molecular weight is 161 g/mol. The summed E-state index contributed by atoms with van der Waals surface area (Å²) in [7, 11) is 1.01. The molecule has 0 rings (SSSR count). The molecule has 0 radical (unpaired) electrons. The molecule has 0 aromatic rings. The highest BCUT2D eigenvalue weighted by Gasteiger charge is 2.10. The van der Waals surface area contributed by atoms with E-state index in [4.69, 9.17) is 0 Å². The van der Waals surface area contributed by atoms with E-state index in [1.807, 2.05) is 0 Å². The monoisotopic (exact) mass is 161 g/mol. The van der Waals surface area contributed by atoms with Crippen LogP contribution in [0.15, 0.2) is 0 Å². The van der Waals surface area contributed by atoms with Crippen LogP contribution in [0.25, 0.3) is 0 Å². The molecule has 1 N–H and O–H groups in total. The van der Waals surface area contributed by atoms with Crippen LogP contribution in [0.3, 0.4) is 0 Å². The minimum absolute atomic E-state index is 0.425. The largest absolute Gasteiger partial charge is 0.310 e. The van der Waals surface area contributed by atoms with Crippen molar-refractivity contribution in [1.82, 2.24) is 5.32 Å². The van der Waals surface area contributed by atoms with Crippen LogP contribution in [0.2, 0.25) is 0 Å². The molecule has 0 saturated heterocycles. The molecule has 2 heteroatoms. The summed E-state index contributed by atoms with van der Waals surface area (Å²) in [5.41, 5.74) is 0.425. The quantitative estimate of drug-likeness (QED) is 0.626. The van der Waals surface area contributed by atoms with Crippen molar-refractivity contribution in [1.29, 1.82) is 0 Å². The van der Waals surface area contributed by atoms with Gasteiger partial charge in [-0.15, -0.1) is 8.58 Å². The Balaban J connectivity index is 3.36. The van der Waals surface area contributed by atoms with Crippen molar-refractivity contribution in [3.05, 3.63) is 0 Å². The second-order valence-electron chi connectivity index (χ2n) is 3.95. The molecule has 0 heterocycles. The summed E-state index contributed by atoms with van der Waals surface area (Å²) < 4.78 is 0. The molecular weight excluding hydrogens is 141 g/mol. The minimum atomic E-state index is 0.425. The Bertz CT molecular complexity index is 85.7. The topological polar surface area (TPSA) is 12.0 Å². The van der Waals surface area contributed by atoms with Gasteiger partial charge >= 0.3 is 0 Å². The first kappa shape index (κ1) is 10.4. The van der Waals surface area contributed by atoms with Crippen molar-refractivity contribution in [2.45, 2.75) is 33.5 Å². The van der Waals surface area contributed by atoms with Crippen LogP contribution >= 0.6 is 8.58 Å². The molecule has 0 spiro atoms. The molecule has 2 atom stereocenters. The van der Waals surface area contributed by atoms with Gasteiger partial charge in [-0.05, 0) is 19.0 Å². The maximum Gasteiger partial charge on any atom is 0.0209 e. The van der Waals surface area contributed by atoms with E-state index in [1.54, 1.807) is 0 Å². The fraction of sp³-hybridized carbons (Fsp3) is 1.00. The van der Waals surface area contributed by atoms with E-state index in [0.717, 1.165) is 15.1 Å². The predicted octanol–water partition coefficient (Wildman–Crippen LogP) is 2.28. The summed E-state index contributed by atoms with van der Waals surface area (Å²) in [4.78, 5) is 0. The average Bonchev–Trinajstić information content (AvgIpc) is 1.81. The smallest absolute Gasteiger partial charge is 0.0209 e. The van der Waals surface area contributed by atoms with E-state index in [1.165, 1.54) is 0 Å². The van der Waals surface area contributed by atoms with Crippen LogP contribution in [-0.2, 0) is 0 Å². The molecule has 0 aliphatic carbocycles. The third-order valence-electron chi connectivity index (χ3n) is 1.37. The van der Waals surface area contributed by atoms with Gasteiger partial charge in [0.1, 0.15) is 0 Å². The number of hydrogen-bond acceptors (Lipinski definition) is 1. The maximum atomic E-state index is 3.48. The summed E-state index contributed by atoms with van der Waals surface area (Å²) in [5.74, 6) is 0.694. The Morgan fingerprint density at radius 1 is 1.40 bits per heavy atom. The molecule has 0 aliphatic rings. The van der Waals surface area contributed by atoms with Crippen molar-refractivity contribution in [2.24, 2.45) is 5.41 Å². The number of nitrogens with one attached hydrogen (secondary N) is 1. The standard InChI is InChI=1S/C8H20NP/c1-7(10-5)9-6-8(2,3)4/h7,9-10H,6H2,1-5H3. The van der Waals surface area contributed by atoms with Gasteiger partial charge in [0, 0.05) is 12.3 Å². The van der Waals surface area contributed by atoms with Crippen molar-refractivity contribution in [3.8, 4) is 0 Å².